The number of nitrogens with zero attached hydrogens (tertiary/aromatic N) is 4. The van der Waals surface area contributed by atoms with Crippen molar-refractivity contribution in [2.24, 2.45) is 10.7 Å². The molecular formula is C18H17F2N5O2S. The number of ether oxygens (including phenoxy) is 1. The van der Waals surface area contributed by atoms with Crippen molar-refractivity contribution in [3.8, 4) is 5.88 Å². The molecule has 2 aromatic heterocycles. The van der Waals surface area contributed by atoms with Gasteiger partial charge in [0.25, 0.3) is 0 Å². The smallest absolute Gasteiger partial charge is 0.396 e. The number of ketones is 1. The predicted octanol–water partition coefficient (Wildman–Crippen LogP) is 3.08. The molecule has 1 aliphatic heterocycles. The lowest BCUT2D eigenvalue weighted by Crippen LogP contribution is -2.24. The van der Waals surface area contributed by atoms with E-state index in [1.54, 1.807) is 18.3 Å². The second-order valence-corrected chi connectivity index (χ2v) is 7.24. The molecule has 2 aromatic rings. The Kier molecular flexibility index (Phi) is 5.41. The van der Waals surface area contributed by atoms with Gasteiger partial charge in [-0.15, -0.1) is 0 Å². The number of Topliss-reactive ketones (excluding diaryl/α,β-unsaturated/α-hetero) is 1. The number of nitrogens with two attached hydrogens (primary N) is 1. The van der Waals surface area contributed by atoms with Crippen LogP contribution in [0.5, 0.6) is 5.88 Å². The van der Waals surface area contributed by atoms with Crippen molar-refractivity contribution in [2.75, 3.05) is 0 Å². The maximum atomic E-state index is 12.8. The minimum absolute atomic E-state index is 0.0437. The molecule has 7 nitrogen and oxygen atoms in total. The summed E-state index contributed by atoms with van der Waals surface area (Å²) < 4.78 is 29.9. The van der Waals surface area contributed by atoms with Gasteiger partial charge < -0.3 is 10.5 Å². The first-order chi connectivity index (χ1) is 13.1. The van der Waals surface area contributed by atoms with Gasteiger partial charge in [0.1, 0.15) is 11.2 Å². The number of halogens is 2. The quantitative estimate of drug-likeness (QED) is 0.737. The highest BCUT2D eigenvalue weighted by atomic mass is 32.2. The van der Waals surface area contributed by atoms with Gasteiger partial charge in [0, 0.05) is 19.5 Å². The van der Waals surface area contributed by atoms with E-state index in [1.807, 2.05) is 18.4 Å². The zero-order chi connectivity index (χ0) is 20.4. The van der Waals surface area contributed by atoms with Gasteiger partial charge in [0.05, 0.1) is 18.1 Å². The Morgan fingerprint density at radius 2 is 2.11 bits per heavy atom. The number of hydrogen-bond acceptors (Lipinski definition) is 8. The van der Waals surface area contributed by atoms with Crippen molar-refractivity contribution in [1.29, 1.82) is 0 Å². The molecule has 28 heavy (non-hydrogen) atoms. The molecule has 0 radical (unpaired) electrons. The number of carbonyl (C=O) groups excluding carboxylic acids is 1. The molecule has 0 aromatic carbocycles. The van der Waals surface area contributed by atoms with Crippen LogP contribution in [0, 0.1) is 0 Å². The highest BCUT2D eigenvalue weighted by molar-refractivity contribution is 8.16. The van der Waals surface area contributed by atoms with E-state index in [4.69, 9.17) is 5.73 Å². The molecule has 0 bridgehead atoms. The second kappa shape index (κ2) is 7.63. The first-order valence-electron chi connectivity index (χ1n) is 8.22. The van der Waals surface area contributed by atoms with E-state index in [1.165, 1.54) is 11.8 Å². The van der Waals surface area contributed by atoms with Crippen LogP contribution in [0.25, 0.3) is 0 Å². The molecule has 0 saturated carbocycles. The molecule has 3 rings (SSSR count). The van der Waals surface area contributed by atoms with Crippen LogP contribution < -0.4 is 10.5 Å². The fraction of sp³-hybridized carbons (Fsp3) is 0.278. The number of thioether (sulfide) groups is 1. The molecule has 0 saturated heterocycles. The van der Waals surface area contributed by atoms with E-state index < -0.39 is 11.6 Å². The molecule has 146 valence electrons. The summed E-state index contributed by atoms with van der Waals surface area (Å²) in [6, 6.07) is 3.49. The number of carbonyl (C=O) groups is 1. The van der Waals surface area contributed by atoms with Gasteiger partial charge in [-0.1, -0.05) is 11.8 Å². The molecule has 0 amide bonds. The van der Waals surface area contributed by atoms with Crippen LogP contribution in [0.15, 0.2) is 47.2 Å². The summed E-state index contributed by atoms with van der Waals surface area (Å²) in [5.41, 5.74) is 6.50. The molecule has 2 N–H and O–H groups in total. The fourth-order valence-electron chi connectivity index (χ4n) is 2.50. The maximum absolute atomic E-state index is 12.8. The number of hydrogen-bond donors (Lipinski definition) is 1. The topological polar surface area (TPSA) is 103 Å². The van der Waals surface area contributed by atoms with Crippen molar-refractivity contribution >= 4 is 22.7 Å². The minimum atomic E-state index is -3.37. The summed E-state index contributed by atoms with van der Waals surface area (Å²) in [6.45, 7) is 2.46. The van der Waals surface area contributed by atoms with Crippen LogP contribution in [-0.2, 0) is 12.0 Å². The summed E-state index contributed by atoms with van der Waals surface area (Å²) in [7, 11) is 0. The van der Waals surface area contributed by atoms with Crippen LogP contribution in [-0.4, -0.2) is 32.0 Å². The number of rotatable bonds is 6. The average molecular weight is 405 g/mol. The second-order valence-electron chi connectivity index (χ2n) is 6.32. The first kappa shape index (κ1) is 19.9. The van der Waals surface area contributed by atoms with E-state index in [0.29, 0.717) is 23.3 Å². The van der Waals surface area contributed by atoms with Gasteiger partial charge in [0.15, 0.2) is 11.0 Å². The van der Waals surface area contributed by atoms with Gasteiger partial charge in [-0.05, 0) is 36.1 Å². The van der Waals surface area contributed by atoms with E-state index >= 15 is 0 Å². The Morgan fingerprint density at radius 3 is 2.75 bits per heavy atom. The number of aliphatic imine (C=N–C) groups is 1. The molecule has 3 heterocycles. The maximum Gasteiger partial charge on any atom is 0.396 e. The van der Waals surface area contributed by atoms with Crippen LogP contribution in [0.2, 0.25) is 0 Å². The van der Waals surface area contributed by atoms with Crippen molar-refractivity contribution in [1.82, 2.24) is 15.0 Å². The van der Waals surface area contributed by atoms with Crippen molar-refractivity contribution in [3.05, 3.63) is 59.2 Å². The number of aromatic nitrogens is 3. The van der Waals surface area contributed by atoms with Gasteiger partial charge in [0.2, 0.25) is 5.88 Å². The summed E-state index contributed by atoms with van der Waals surface area (Å²) in [5.74, 6) is -0.678. The molecule has 0 fully saturated rings. The van der Waals surface area contributed by atoms with Gasteiger partial charge in [-0.3, -0.25) is 9.78 Å². The number of amidine groups is 1. The van der Waals surface area contributed by atoms with Crippen LogP contribution in [0.4, 0.5) is 8.78 Å². The van der Waals surface area contributed by atoms with E-state index in [0.717, 1.165) is 12.4 Å². The summed E-state index contributed by atoms with van der Waals surface area (Å²) in [4.78, 5) is 28.8. The van der Waals surface area contributed by atoms with E-state index in [-0.39, 0.29) is 23.8 Å². The molecule has 0 unspecified atom stereocenters. The summed E-state index contributed by atoms with van der Waals surface area (Å²) in [5, 5.41) is 2.28. The van der Waals surface area contributed by atoms with E-state index in [2.05, 4.69) is 24.7 Å². The Labute approximate surface area is 164 Å². The highest BCUT2D eigenvalue weighted by Crippen LogP contribution is 2.31. The Hall–Kier alpha value is -2.88. The Bertz CT molecular complexity index is 944. The molecule has 0 aliphatic carbocycles. The molecular weight excluding hydrogens is 388 g/mol. The Morgan fingerprint density at radius 1 is 1.32 bits per heavy atom. The third-order valence-corrected chi connectivity index (χ3v) is 4.43. The van der Waals surface area contributed by atoms with Crippen LogP contribution in [0.1, 0.15) is 35.6 Å². The monoisotopic (exact) mass is 405 g/mol. The number of pyridine rings is 1. The third kappa shape index (κ3) is 4.89. The van der Waals surface area contributed by atoms with Crippen LogP contribution in [0.3, 0.4) is 0 Å². The zero-order valence-corrected chi connectivity index (χ0v) is 15.9. The summed E-state index contributed by atoms with van der Waals surface area (Å²) >= 11 is 1.32. The summed E-state index contributed by atoms with van der Waals surface area (Å²) in [6.07, 6.45) is 2.25. The van der Waals surface area contributed by atoms with Crippen molar-refractivity contribution in [3.63, 3.8) is 0 Å². The van der Waals surface area contributed by atoms with Gasteiger partial charge in [-0.25, -0.2) is 15.0 Å². The minimum Gasteiger partial charge on any atom is -0.413 e. The van der Waals surface area contributed by atoms with Gasteiger partial charge >= 0.3 is 6.11 Å². The normalized spacial score (nSPS) is 19.2. The molecule has 1 atom stereocenters. The lowest BCUT2D eigenvalue weighted by atomic mass is 9.95. The van der Waals surface area contributed by atoms with Crippen molar-refractivity contribution in [2.45, 2.75) is 31.9 Å². The predicted molar refractivity (Wildman–Crippen MR) is 101 cm³/mol. The van der Waals surface area contributed by atoms with Crippen LogP contribution >= 0.6 is 11.8 Å². The average Bonchev–Trinajstić information content (AvgIpc) is 2.61. The standard InChI is InChI=1S/C18H17F2N5O2S/c1-17(4-6-28-16(21)25-17)14-8-11(3-5-22-14)7-13(26)12-9-24-15(10-23-12)27-18(2,19)20/h3-6,8-10H,7H2,1-2H3,(H2,21,25)/t17-/m0/s1. The molecule has 0 spiro atoms. The molecule has 10 heteroatoms. The largest absolute Gasteiger partial charge is 0.413 e. The lowest BCUT2D eigenvalue weighted by molar-refractivity contribution is -0.161. The van der Waals surface area contributed by atoms with Gasteiger partial charge in [-0.2, -0.15) is 8.78 Å². The first-order valence-corrected chi connectivity index (χ1v) is 9.10. The lowest BCUT2D eigenvalue weighted by Gasteiger charge is -2.24. The Balaban J connectivity index is 1.74. The van der Waals surface area contributed by atoms with E-state index in [9.17, 15) is 13.6 Å². The third-order valence-electron chi connectivity index (χ3n) is 3.83. The SMILES string of the molecule is CC(F)(F)Oc1cnc(C(=O)Cc2ccnc([C@]3(C)C=CSC(N)=N3)c2)cn1. The fourth-order valence-corrected chi connectivity index (χ4v) is 3.22. The molecule has 1 aliphatic rings. The number of alkyl halides is 2. The zero-order valence-electron chi connectivity index (χ0n) is 15.1. The van der Waals surface area contributed by atoms with Crippen molar-refractivity contribution < 1.29 is 18.3 Å². The highest BCUT2D eigenvalue weighted by Gasteiger charge is 2.28.